The van der Waals surface area contributed by atoms with Crippen LogP contribution in [-0.4, -0.2) is 24.6 Å². The lowest BCUT2D eigenvalue weighted by Crippen LogP contribution is -2.09. The van der Waals surface area contributed by atoms with E-state index >= 15 is 0 Å². The van der Waals surface area contributed by atoms with Gasteiger partial charge in [-0.2, -0.15) is 0 Å². The monoisotopic (exact) mass is 218 g/mol. The highest BCUT2D eigenvalue weighted by Crippen LogP contribution is 1.94. The Hall–Kier alpha value is -1.06. The molecule has 1 unspecified atom stereocenters. The summed E-state index contributed by atoms with van der Waals surface area (Å²) in [6.07, 6.45) is 1.87. The van der Waals surface area contributed by atoms with Crippen LogP contribution in [0.1, 0.15) is 47.5 Å². The van der Waals surface area contributed by atoms with Crippen molar-refractivity contribution in [2.45, 2.75) is 53.6 Å². The first-order valence-corrected chi connectivity index (χ1v) is 5.24. The minimum absolute atomic E-state index is 0.0764. The zero-order chi connectivity index (χ0) is 12.3. The lowest BCUT2D eigenvalue weighted by molar-refractivity contribution is -0.145. The van der Waals surface area contributed by atoms with Gasteiger partial charge in [-0.25, -0.2) is 0 Å². The molecule has 0 N–H and O–H groups in total. The summed E-state index contributed by atoms with van der Waals surface area (Å²) in [5.41, 5.74) is 0. The molecule has 0 aromatic rings. The molecule has 90 valence electrons. The molecule has 0 heterocycles. The molecule has 0 fully saturated rings. The van der Waals surface area contributed by atoms with E-state index in [2.05, 4.69) is 4.74 Å². The highest BCUT2D eigenvalue weighted by Gasteiger charge is 1.99. The van der Waals surface area contributed by atoms with Gasteiger partial charge in [0.1, 0.15) is 0 Å². The third-order valence-corrected chi connectivity index (χ3v) is 1.45. The first kappa shape index (κ1) is 16.4. The minimum Gasteiger partial charge on any atom is -0.466 e. The van der Waals surface area contributed by atoms with Gasteiger partial charge < -0.3 is 9.47 Å². The SMILES string of the molecule is CCC(C)OC(C)=O.CCCOC(C)=O. The van der Waals surface area contributed by atoms with Crippen molar-refractivity contribution < 1.29 is 19.1 Å². The predicted molar refractivity (Wildman–Crippen MR) is 58.4 cm³/mol. The van der Waals surface area contributed by atoms with Crippen LogP contribution in [0.5, 0.6) is 0 Å². The molecule has 0 radical (unpaired) electrons. The van der Waals surface area contributed by atoms with E-state index in [-0.39, 0.29) is 18.0 Å². The second kappa shape index (κ2) is 11.0. The largest absolute Gasteiger partial charge is 0.466 e. The molecule has 0 spiro atoms. The number of esters is 2. The molecular weight excluding hydrogens is 196 g/mol. The van der Waals surface area contributed by atoms with E-state index in [1.54, 1.807) is 0 Å². The molecular formula is C11H22O4. The predicted octanol–water partition coefficient (Wildman–Crippen LogP) is 2.31. The molecule has 1 atom stereocenters. The molecule has 0 aromatic heterocycles. The Kier molecular flexibility index (Phi) is 12.0. The van der Waals surface area contributed by atoms with Gasteiger partial charge >= 0.3 is 11.9 Å². The highest BCUT2D eigenvalue weighted by atomic mass is 16.5. The van der Waals surface area contributed by atoms with E-state index in [0.717, 1.165) is 12.8 Å². The minimum atomic E-state index is -0.195. The van der Waals surface area contributed by atoms with Crippen molar-refractivity contribution in [2.24, 2.45) is 0 Å². The van der Waals surface area contributed by atoms with Crippen molar-refractivity contribution in [2.75, 3.05) is 6.61 Å². The molecule has 4 nitrogen and oxygen atoms in total. The molecule has 0 saturated heterocycles. The van der Waals surface area contributed by atoms with Crippen LogP contribution in [0.4, 0.5) is 0 Å². The van der Waals surface area contributed by atoms with Crippen LogP contribution >= 0.6 is 0 Å². The van der Waals surface area contributed by atoms with Crippen molar-refractivity contribution in [3.63, 3.8) is 0 Å². The quantitative estimate of drug-likeness (QED) is 0.679. The average Bonchev–Trinajstić information content (AvgIpc) is 2.14. The summed E-state index contributed by atoms with van der Waals surface area (Å²) in [5.74, 6) is -0.388. The second-order valence-corrected chi connectivity index (χ2v) is 3.17. The van der Waals surface area contributed by atoms with Gasteiger partial charge in [-0.3, -0.25) is 9.59 Å². The summed E-state index contributed by atoms with van der Waals surface area (Å²) in [6.45, 7) is 9.20. The molecule has 0 aliphatic carbocycles. The summed E-state index contributed by atoms with van der Waals surface area (Å²) in [7, 11) is 0. The number of hydrogen-bond acceptors (Lipinski definition) is 4. The van der Waals surface area contributed by atoms with E-state index in [1.165, 1.54) is 13.8 Å². The Labute approximate surface area is 91.9 Å². The number of ether oxygens (including phenoxy) is 2. The Morgan fingerprint density at radius 2 is 1.67 bits per heavy atom. The lowest BCUT2D eigenvalue weighted by Gasteiger charge is -2.06. The first-order chi connectivity index (χ1) is 6.93. The normalized spacial score (nSPS) is 10.7. The lowest BCUT2D eigenvalue weighted by atomic mass is 10.3. The van der Waals surface area contributed by atoms with E-state index in [9.17, 15) is 9.59 Å². The average molecular weight is 218 g/mol. The standard InChI is InChI=1S/C6H12O2.C5H10O2/c1-4-5(2)8-6(3)7;1-3-4-7-5(2)6/h5H,4H2,1-3H3;3-4H2,1-2H3. The van der Waals surface area contributed by atoms with Crippen molar-refractivity contribution in [1.82, 2.24) is 0 Å². The number of carbonyl (C=O) groups excluding carboxylic acids is 2. The van der Waals surface area contributed by atoms with Gasteiger partial charge in [0.05, 0.1) is 12.7 Å². The van der Waals surface area contributed by atoms with Gasteiger partial charge in [-0.05, 0) is 19.8 Å². The zero-order valence-electron chi connectivity index (χ0n) is 10.3. The Morgan fingerprint density at radius 3 is 1.80 bits per heavy atom. The first-order valence-electron chi connectivity index (χ1n) is 5.24. The van der Waals surface area contributed by atoms with Crippen LogP contribution in [0.3, 0.4) is 0 Å². The maximum atomic E-state index is 10.2. The smallest absolute Gasteiger partial charge is 0.302 e. The molecule has 0 aromatic carbocycles. The molecule has 0 aliphatic rings. The third kappa shape index (κ3) is 19.4. The number of carbonyl (C=O) groups is 2. The Morgan fingerprint density at radius 1 is 1.13 bits per heavy atom. The Bertz CT molecular complexity index is 177. The molecule has 0 aliphatic heterocycles. The molecule has 0 amide bonds. The van der Waals surface area contributed by atoms with Gasteiger partial charge in [0.25, 0.3) is 0 Å². The molecule has 15 heavy (non-hydrogen) atoms. The van der Waals surface area contributed by atoms with E-state index < -0.39 is 0 Å². The van der Waals surface area contributed by atoms with E-state index in [4.69, 9.17) is 4.74 Å². The Balaban J connectivity index is 0. The highest BCUT2D eigenvalue weighted by molar-refractivity contribution is 5.66. The van der Waals surface area contributed by atoms with Crippen LogP contribution in [0, 0.1) is 0 Å². The summed E-state index contributed by atoms with van der Waals surface area (Å²) in [6, 6.07) is 0. The maximum absolute atomic E-state index is 10.2. The van der Waals surface area contributed by atoms with E-state index in [0.29, 0.717) is 6.61 Å². The van der Waals surface area contributed by atoms with Crippen LogP contribution < -0.4 is 0 Å². The topological polar surface area (TPSA) is 52.6 Å². The van der Waals surface area contributed by atoms with Crippen molar-refractivity contribution >= 4 is 11.9 Å². The molecule has 0 bridgehead atoms. The molecule has 4 heteroatoms. The van der Waals surface area contributed by atoms with Crippen LogP contribution in [0.15, 0.2) is 0 Å². The van der Waals surface area contributed by atoms with Crippen LogP contribution in [0.25, 0.3) is 0 Å². The zero-order valence-corrected chi connectivity index (χ0v) is 10.3. The fraction of sp³-hybridized carbons (Fsp3) is 0.818. The summed E-state index contributed by atoms with van der Waals surface area (Å²) in [4.78, 5) is 20.2. The van der Waals surface area contributed by atoms with Crippen molar-refractivity contribution in [3.8, 4) is 0 Å². The molecule has 0 rings (SSSR count). The maximum Gasteiger partial charge on any atom is 0.302 e. The van der Waals surface area contributed by atoms with Gasteiger partial charge in [-0.15, -0.1) is 0 Å². The third-order valence-electron chi connectivity index (χ3n) is 1.45. The second-order valence-electron chi connectivity index (χ2n) is 3.17. The van der Waals surface area contributed by atoms with Crippen LogP contribution in [-0.2, 0) is 19.1 Å². The van der Waals surface area contributed by atoms with E-state index in [1.807, 2.05) is 20.8 Å². The van der Waals surface area contributed by atoms with Gasteiger partial charge in [0.2, 0.25) is 0 Å². The van der Waals surface area contributed by atoms with Crippen molar-refractivity contribution in [1.29, 1.82) is 0 Å². The number of rotatable bonds is 4. The van der Waals surface area contributed by atoms with Crippen LogP contribution in [0.2, 0.25) is 0 Å². The summed E-state index contributed by atoms with van der Waals surface area (Å²) >= 11 is 0. The summed E-state index contributed by atoms with van der Waals surface area (Å²) < 4.78 is 9.31. The number of hydrogen-bond donors (Lipinski definition) is 0. The fourth-order valence-electron chi connectivity index (χ4n) is 0.612. The van der Waals surface area contributed by atoms with Gasteiger partial charge in [0.15, 0.2) is 0 Å². The van der Waals surface area contributed by atoms with Gasteiger partial charge in [-0.1, -0.05) is 13.8 Å². The summed E-state index contributed by atoms with van der Waals surface area (Å²) in [5, 5.41) is 0. The van der Waals surface area contributed by atoms with Crippen molar-refractivity contribution in [3.05, 3.63) is 0 Å². The fourth-order valence-corrected chi connectivity index (χ4v) is 0.612. The molecule has 0 saturated carbocycles. The van der Waals surface area contributed by atoms with Gasteiger partial charge in [0, 0.05) is 13.8 Å².